The molecule has 0 spiro atoms. The Balaban J connectivity index is 2.38. The van der Waals surface area contributed by atoms with Crippen LogP contribution in [0.5, 0.6) is 0 Å². The van der Waals surface area contributed by atoms with Crippen molar-refractivity contribution in [3.8, 4) is 0 Å². The van der Waals surface area contributed by atoms with Gasteiger partial charge in [-0.15, -0.1) is 0 Å². The first-order chi connectivity index (χ1) is 11.6. The summed E-state index contributed by atoms with van der Waals surface area (Å²) in [5, 5.41) is 14.0. The zero-order valence-corrected chi connectivity index (χ0v) is 14.1. The summed E-state index contributed by atoms with van der Waals surface area (Å²) >= 11 is 0. The Kier molecular flexibility index (Phi) is 5.55. The van der Waals surface area contributed by atoms with Crippen molar-refractivity contribution in [3.63, 3.8) is 0 Å². The van der Waals surface area contributed by atoms with Gasteiger partial charge in [0.05, 0.1) is 9.82 Å². The quantitative estimate of drug-likeness (QED) is 0.618. The van der Waals surface area contributed by atoms with Crippen molar-refractivity contribution in [1.82, 2.24) is 5.32 Å². The average Bonchev–Trinajstić information content (AvgIpc) is 2.53. The molecule has 1 heterocycles. The van der Waals surface area contributed by atoms with E-state index in [1.807, 2.05) is 0 Å². The summed E-state index contributed by atoms with van der Waals surface area (Å²) in [5.41, 5.74) is -0.432. The second-order valence-corrected chi connectivity index (χ2v) is 7.62. The predicted molar refractivity (Wildman–Crippen MR) is 85.3 cm³/mol. The van der Waals surface area contributed by atoms with E-state index < -0.39 is 31.1 Å². The number of alkyl halides is 2. The van der Waals surface area contributed by atoms with Crippen molar-refractivity contribution < 1.29 is 26.9 Å². The lowest BCUT2D eigenvalue weighted by atomic mass is 10.0. The Morgan fingerprint density at radius 3 is 2.68 bits per heavy atom. The number of halogens is 2. The summed E-state index contributed by atoms with van der Waals surface area (Å²) in [6, 6.07) is 2.55. The van der Waals surface area contributed by atoms with E-state index in [0.29, 0.717) is 32.0 Å². The molecule has 0 aromatic heterocycles. The van der Waals surface area contributed by atoms with E-state index in [9.17, 15) is 32.1 Å². The minimum absolute atomic E-state index is 0.133. The summed E-state index contributed by atoms with van der Waals surface area (Å²) < 4.78 is 48.4. The van der Waals surface area contributed by atoms with Crippen LogP contribution in [0.3, 0.4) is 0 Å². The second kappa shape index (κ2) is 7.30. The van der Waals surface area contributed by atoms with E-state index in [1.165, 1.54) is 6.92 Å². The van der Waals surface area contributed by atoms with Crippen LogP contribution in [0.1, 0.15) is 19.8 Å². The number of hydrogen-bond acceptors (Lipinski definition) is 6. The fourth-order valence-electron chi connectivity index (χ4n) is 2.80. The zero-order valence-electron chi connectivity index (χ0n) is 13.3. The van der Waals surface area contributed by atoms with Crippen LogP contribution in [-0.4, -0.2) is 44.1 Å². The van der Waals surface area contributed by atoms with Crippen molar-refractivity contribution in [2.45, 2.75) is 36.5 Å². The first-order valence-corrected chi connectivity index (χ1v) is 9.00. The van der Waals surface area contributed by atoms with Crippen LogP contribution < -0.4 is 10.2 Å². The third kappa shape index (κ3) is 4.21. The van der Waals surface area contributed by atoms with Crippen molar-refractivity contribution in [1.29, 1.82) is 0 Å². The molecule has 0 aliphatic carbocycles. The number of amides is 1. The van der Waals surface area contributed by atoms with E-state index in [4.69, 9.17) is 0 Å². The van der Waals surface area contributed by atoms with Gasteiger partial charge < -0.3 is 10.2 Å². The van der Waals surface area contributed by atoms with Gasteiger partial charge in [0.15, 0.2) is 0 Å². The number of piperidine rings is 1. The standard InChI is InChI=1S/C14H17F2N3O5S/c1-9(20)17-10-3-2-6-18(8-10)12-5-4-11(7-13(12)19(21)22)25(23,24)14(15)16/h4-5,7,10,14H,2-3,6,8H2,1H3,(H,17,20). The molecular formula is C14H17F2N3O5S. The number of carbonyl (C=O) groups is 1. The summed E-state index contributed by atoms with van der Waals surface area (Å²) in [6.45, 7) is 2.14. The van der Waals surface area contributed by atoms with Gasteiger partial charge in [-0.25, -0.2) is 8.42 Å². The number of anilines is 1. The van der Waals surface area contributed by atoms with E-state index in [0.717, 1.165) is 12.1 Å². The maximum absolute atomic E-state index is 12.7. The molecule has 11 heteroatoms. The van der Waals surface area contributed by atoms with Crippen LogP contribution in [0.25, 0.3) is 0 Å². The maximum atomic E-state index is 12.7. The molecule has 1 amide bonds. The molecule has 1 N–H and O–H groups in total. The lowest BCUT2D eigenvalue weighted by Gasteiger charge is -2.34. The van der Waals surface area contributed by atoms with Crippen molar-refractivity contribution >= 4 is 27.1 Å². The van der Waals surface area contributed by atoms with Gasteiger partial charge in [-0.05, 0) is 25.0 Å². The number of nitrogens with zero attached hydrogens (tertiary/aromatic N) is 2. The van der Waals surface area contributed by atoms with E-state index in [1.54, 1.807) is 4.90 Å². The minimum Gasteiger partial charge on any atom is -0.364 e. The third-order valence-corrected chi connectivity index (χ3v) is 5.26. The van der Waals surface area contributed by atoms with Crippen LogP contribution in [0.15, 0.2) is 23.1 Å². The van der Waals surface area contributed by atoms with Gasteiger partial charge in [0.2, 0.25) is 15.7 Å². The molecule has 1 saturated heterocycles. The Bertz CT molecular complexity index is 785. The first-order valence-electron chi connectivity index (χ1n) is 7.45. The molecule has 2 rings (SSSR count). The molecule has 1 fully saturated rings. The smallest absolute Gasteiger partial charge is 0.341 e. The van der Waals surface area contributed by atoms with Gasteiger partial charge in [-0.3, -0.25) is 14.9 Å². The van der Waals surface area contributed by atoms with Crippen LogP contribution >= 0.6 is 0 Å². The van der Waals surface area contributed by atoms with Crippen LogP contribution in [0.2, 0.25) is 0 Å². The number of nitro groups is 1. The lowest BCUT2D eigenvalue weighted by molar-refractivity contribution is -0.384. The van der Waals surface area contributed by atoms with Gasteiger partial charge in [0.25, 0.3) is 5.69 Å². The summed E-state index contributed by atoms with van der Waals surface area (Å²) in [6.07, 6.45) is 1.38. The summed E-state index contributed by atoms with van der Waals surface area (Å²) in [7, 11) is -4.92. The molecule has 1 aliphatic rings. The van der Waals surface area contributed by atoms with Gasteiger partial charge in [-0.1, -0.05) is 0 Å². The van der Waals surface area contributed by atoms with Crippen LogP contribution in [0, 0.1) is 10.1 Å². The Labute approximate surface area is 142 Å². The number of hydrogen-bond donors (Lipinski definition) is 1. The molecule has 8 nitrogen and oxygen atoms in total. The summed E-state index contributed by atoms with van der Waals surface area (Å²) in [4.78, 5) is 22.5. The second-order valence-electron chi connectivity index (χ2n) is 5.70. The van der Waals surface area contributed by atoms with Gasteiger partial charge >= 0.3 is 5.76 Å². The van der Waals surface area contributed by atoms with Crippen molar-refractivity contribution in [2.75, 3.05) is 18.0 Å². The SMILES string of the molecule is CC(=O)NC1CCCN(c2ccc(S(=O)(=O)C(F)F)cc2[N+](=O)[O-])C1. The van der Waals surface area contributed by atoms with Gasteiger partial charge in [-0.2, -0.15) is 8.78 Å². The molecule has 0 saturated carbocycles. The number of benzene rings is 1. The van der Waals surface area contributed by atoms with E-state index in [2.05, 4.69) is 5.32 Å². The zero-order chi connectivity index (χ0) is 18.8. The predicted octanol–water partition coefficient (Wildman–Crippen LogP) is 1.70. The Hall–Kier alpha value is -2.30. The fourth-order valence-corrected chi connectivity index (χ4v) is 3.54. The van der Waals surface area contributed by atoms with Gasteiger partial charge in [0.1, 0.15) is 5.69 Å². The number of carbonyl (C=O) groups excluding carboxylic acids is 1. The lowest BCUT2D eigenvalue weighted by Crippen LogP contribution is -2.47. The average molecular weight is 377 g/mol. The Morgan fingerprint density at radius 2 is 2.12 bits per heavy atom. The monoisotopic (exact) mass is 377 g/mol. The molecule has 138 valence electrons. The topological polar surface area (TPSA) is 110 Å². The molecule has 25 heavy (non-hydrogen) atoms. The molecule has 1 atom stereocenters. The highest BCUT2D eigenvalue weighted by Crippen LogP contribution is 2.33. The molecule has 0 bridgehead atoms. The minimum atomic E-state index is -4.92. The molecule has 1 aromatic carbocycles. The van der Waals surface area contributed by atoms with Crippen molar-refractivity contribution in [2.24, 2.45) is 0 Å². The van der Waals surface area contributed by atoms with E-state index >= 15 is 0 Å². The van der Waals surface area contributed by atoms with Crippen molar-refractivity contribution in [3.05, 3.63) is 28.3 Å². The highest BCUT2D eigenvalue weighted by atomic mass is 32.2. The normalized spacial score (nSPS) is 18.2. The molecule has 1 aromatic rings. The third-order valence-electron chi connectivity index (χ3n) is 3.88. The van der Waals surface area contributed by atoms with Crippen LogP contribution in [-0.2, 0) is 14.6 Å². The number of sulfone groups is 1. The number of nitrogens with one attached hydrogen (secondary N) is 1. The first kappa shape index (κ1) is 19.0. The highest BCUT2D eigenvalue weighted by Gasteiger charge is 2.31. The number of nitro benzene ring substituents is 1. The highest BCUT2D eigenvalue weighted by molar-refractivity contribution is 7.91. The number of rotatable bonds is 5. The largest absolute Gasteiger partial charge is 0.364 e. The maximum Gasteiger partial charge on any atom is 0.341 e. The van der Waals surface area contributed by atoms with Gasteiger partial charge in [0, 0.05) is 32.1 Å². The van der Waals surface area contributed by atoms with E-state index in [-0.39, 0.29) is 17.6 Å². The molecule has 1 aliphatic heterocycles. The molecular weight excluding hydrogens is 360 g/mol. The molecule has 0 radical (unpaired) electrons. The molecule has 1 unspecified atom stereocenters. The summed E-state index contributed by atoms with van der Waals surface area (Å²) in [5.74, 6) is -3.88. The fraction of sp³-hybridized carbons (Fsp3) is 0.500. The van der Waals surface area contributed by atoms with Crippen LogP contribution in [0.4, 0.5) is 20.2 Å². The Morgan fingerprint density at radius 1 is 1.44 bits per heavy atom.